The third-order valence-corrected chi connectivity index (χ3v) is 18.3. The Bertz CT molecular complexity index is 2060. The van der Waals surface area contributed by atoms with Gasteiger partial charge in [0.2, 0.25) is 0 Å². The van der Waals surface area contributed by atoms with Gasteiger partial charge in [-0.1, -0.05) is 71.2 Å². The van der Waals surface area contributed by atoms with Crippen molar-refractivity contribution < 1.29 is 29.6 Å². The fourth-order valence-electron chi connectivity index (χ4n) is 16.5. The second-order valence-electron chi connectivity index (χ2n) is 21.7. The van der Waals surface area contributed by atoms with Gasteiger partial charge in [0.1, 0.15) is 17.6 Å². The number of phenols is 1. The molecule has 2 aromatic rings. The van der Waals surface area contributed by atoms with Gasteiger partial charge >= 0.3 is 0 Å². The van der Waals surface area contributed by atoms with Crippen molar-refractivity contribution in [2.24, 2.45) is 45.3 Å². The number of allylic oxidation sites excluding steroid dienone is 2. The van der Waals surface area contributed by atoms with Crippen molar-refractivity contribution in [3.05, 3.63) is 70.3 Å². The van der Waals surface area contributed by atoms with Gasteiger partial charge in [0.15, 0.2) is 5.78 Å². The minimum Gasteiger partial charge on any atom is -0.508 e. The molecule has 13 atom stereocenters. The van der Waals surface area contributed by atoms with Gasteiger partial charge in [-0.3, -0.25) is 9.59 Å². The van der Waals surface area contributed by atoms with Crippen LogP contribution in [0.5, 0.6) is 5.75 Å². The number of anilines is 1. The van der Waals surface area contributed by atoms with Crippen LogP contribution in [-0.2, 0) is 26.3 Å². The summed E-state index contributed by atoms with van der Waals surface area (Å²) in [7, 11) is 1.89. The average molecular weight is 793 g/mol. The highest BCUT2D eigenvalue weighted by molar-refractivity contribution is 6.01. The Labute approximate surface area is 345 Å². The summed E-state index contributed by atoms with van der Waals surface area (Å²) in [5.41, 5.74) is 9.07. The Morgan fingerprint density at radius 1 is 1.00 bits per heavy atom. The lowest BCUT2D eigenvalue weighted by atomic mass is 9.33. The molecular weight excluding hydrogens is 725 g/mol. The van der Waals surface area contributed by atoms with E-state index in [1.54, 1.807) is 6.07 Å². The van der Waals surface area contributed by atoms with Crippen LogP contribution in [0.1, 0.15) is 141 Å². The van der Waals surface area contributed by atoms with Crippen molar-refractivity contribution in [2.45, 2.75) is 160 Å². The van der Waals surface area contributed by atoms with E-state index in [1.807, 2.05) is 25.2 Å². The summed E-state index contributed by atoms with van der Waals surface area (Å²) in [6, 6.07) is 14.0. The number of aliphatic hydroxyl groups is 2. The van der Waals surface area contributed by atoms with Gasteiger partial charge in [-0.25, -0.2) is 0 Å². The number of ketones is 2. The lowest BCUT2D eigenvalue weighted by Gasteiger charge is -2.70. The average Bonchev–Trinajstić information content (AvgIpc) is 3.44. The maximum Gasteiger partial charge on any atom is 0.160 e. The molecule has 0 unspecified atom stereocenters. The summed E-state index contributed by atoms with van der Waals surface area (Å²) in [4.78, 5) is 30.0. The van der Waals surface area contributed by atoms with Crippen LogP contribution in [0.25, 0.3) is 0 Å². The first-order valence-corrected chi connectivity index (χ1v) is 22.6. The maximum absolute atomic E-state index is 15.3. The molecule has 1 saturated heterocycles. The number of nitrogens with two attached hydrogens (primary N) is 1. The molecule has 0 radical (unpaired) electrons. The molecule has 5 bridgehead atoms. The molecule has 8 heteroatoms. The Hall–Kier alpha value is -3.04. The standard InChI is InChI=1S/C50H68N2O6/c1-28(19-37(54)43-48(6,58-43)35-14-9-13-34(35)30-11-8-12-32(51)22-30)41-36-15-16-40-46(4)27-49(31-20-29(26-52-7)21-33(53)23-31)17-10-18-50(36,25-38(41)55)47(40,5)24-39(56)42(46)45(2,3)44(49)57/h8,11-12,20-23,28,34-35,37,39-40,42-43,52-54,56H,9-10,13-19,24-27,51H2,1-7H3/t28-,34+,35-,37-,39-,40-,42+,43-,46+,47-,48-,49+,50+/m1/s1. The molecule has 58 heavy (non-hydrogen) atoms. The molecule has 6 fully saturated rings. The summed E-state index contributed by atoms with van der Waals surface area (Å²) in [5.74, 6) is 1.05. The Kier molecular flexibility index (Phi) is 9.38. The van der Waals surface area contributed by atoms with E-state index in [4.69, 9.17) is 10.5 Å². The number of hydrogen-bond donors (Lipinski definition) is 5. The molecule has 314 valence electrons. The van der Waals surface area contributed by atoms with Crippen molar-refractivity contribution in [1.29, 1.82) is 0 Å². The predicted octanol–water partition coefficient (Wildman–Crippen LogP) is 8.30. The van der Waals surface area contributed by atoms with Crippen LogP contribution in [0.15, 0.2) is 53.6 Å². The van der Waals surface area contributed by atoms with Crippen LogP contribution in [0, 0.1) is 45.3 Å². The van der Waals surface area contributed by atoms with E-state index in [9.17, 15) is 20.1 Å². The molecule has 0 amide bonds. The fraction of sp³-hybridized carbons (Fsp3) is 0.680. The number of Topliss-reactive ketones (excluding diaryl/α,β-unsaturated/α-hetero) is 2. The zero-order valence-electron chi connectivity index (χ0n) is 36.0. The van der Waals surface area contributed by atoms with Gasteiger partial charge in [0.25, 0.3) is 0 Å². The number of fused-ring (bicyclic) bond motifs is 1. The number of aliphatic hydroxyl groups excluding tert-OH is 2. The number of nitrogens with one attached hydrogen (secondary N) is 1. The zero-order valence-corrected chi connectivity index (χ0v) is 36.0. The van der Waals surface area contributed by atoms with Crippen molar-refractivity contribution >= 4 is 17.3 Å². The van der Waals surface area contributed by atoms with Crippen molar-refractivity contribution in [2.75, 3.05) is 12.8 Å². The van der Waals surface area contributed by atoms with Crippen LogP contribution >= 0.6 is 0 Å². The molecular formula is C50H68N2O6. The second kappa shape index (κ2) is 13.5. The molecule has 6 aliphatic carbocycles. The van der Waals surface area contributed by atoms with E-state index in [1.165, 1.54) is 11.1 Å². The Morgan fingerprint density at radius 2 is 1.78 bits per heavy atom. The van der Waals surface area contributed by atoms with Crippen LogP contribution < -0.4 is 11.1 Å². The van der Waals surface area contributed by atoms with E-state index in [2.05, 4.69) is 65.1 Å². The van der Waals surface area contributed by atoms with Gasteiger partial charge in [-0.2, -0.15) is 0 Å². The number of benzene rings is 2. The summed E-state index contributed by atoms with van der Waals surface area (Å²) >= 11 is 0. The molecule has 1 heterocycles. The number of nitrogen functional groups attached to an aromatic ring is 1. The zero-order chi connectivity index (χ0) is 41.4. The van der Waals surface area contributed by atoms with Gasteiger partial charge in [-0.05, 0) is 153 Å². The SMILES string of the molecule is CNCc1cc(O)cc([C@]23CCC[C@]45CC(=O)C([C@H](C)C[C@@H](O)[C@H]6O[C@]6(C)[C@@H]6CCC[C@H]6c6cccc(N)c6)=C4CC[C@@H]4[C@](C)(C2)[C@@H]([C@H](O)C[C@]45C)C(C)(C)C3=O)c1. The number of rotatable bonds is 9. The van der Waals surface area contributed by atoms with Crippen LogP contribution in [-0.4, -0.2) is 57.8 Å². The first-order valence-electron chi connectivity index (χ1n) is 22.6. The van der Waals surface area contributed by atoms with Gasteiger partial charge in [0, 0.05) is 35.4 Å². The molecule has 8 nitrogen and oxygen atoms in total. The topological polar surface area (TPSA) is 145 Å². The lowest BCUT2D eigenvalue weighted by molar-refractivity contribution is -0.225. The molecule has 9 rings (SSSR count). The summed E-state index contributed by atoms with van der Waals surface area (Å²) < 4.78 is 6.50. The number of hydrogen-bond acceptors (Lipinski definition) is 8. The molecule has 0 aromatic heterocycles. The molecule has 6 N–H and O–H groups in total. The lowest BCUT2D eigenvalue weighted by Crippen LogP contribution is -2.70. The Balaban J connectivity index is 1.06. The van der Waals surface area contributed by atoms with Crippen LogP contribution in [0.4, 0.5) is 5.69 Å². The molecule has 2 aromatic carbocycles. The van der Waals surface area contributed by atoms with Crippen LogP contribution in [0.3, 0.4) is 0 Å². The van der Waals surface area contributed by atoms with Gasteiger partial charge in [0.05, 0.1) is 23.2 Å². The molecule has 1 spiro atoms. The maximum atomic E-state index is 15.3. The van der Waals surface area contributed by atoms with Crippen LogP contribution in [0.2, 0.25) is 0 Å². The van der Waals surface area contributed by atoms with Crippen molar-refractivity contribution in [3.63, 3.8) is 0 Å². The molecule has 7 aliphatic rings. The number of epoxide rings is 1. The minimum atomic E-state index is -0.822. The van der Waals surface area contributed by atoms with E-state index in [0.29, 0.717) is 50.5 Å². The number of carbonyl (C=O) groups excluding carboxylic acids is 2. The monoisotopic (exact) mass is 793 g/mol. The van der Waals surface area contributed by atoms with Crippen molar-refractivity contribution in [3.8, 4) is 5.75 Å². The largest absolute Gasteiger partial charge is 0.508 e. The number of phenolic OH excluding ortho intramolecular Hbond substituents is 1. The smallest absolute Gasteiger partial charge is 0.160 e. The first-order chi connectivity index (χ1) is 27.4. The third kappa shape index (κ3) is 5.52. The quantitative estimate of drug-likeness (QED) is 0.126. The minimum absolute atomic E-state index is 0.132. The number of carbonyl (C=O) groups is 2. The van der Waals surface area contributed by atoms with E-state index >= 15 is 4.79 Å². The summed E-state index contributed by atoms with van der Waals surface area (Å²) in [5, 5.41) is 38.7. The van der Waals surface area contributed by atoms with E-state index in [-0.39, 0.29) is 52.0 Å². The number of aromatic hydroxyl groups is 1. The highest BCUT2D eigenvalue weighted by atomic mass is 16.6. The summed E-state index contributed by atoms with van der Waals surface area (Å²) in [6.45, 7) is 13.8. The normalized spacial score (nSPS) is 42.4. The van der Waals surface area contributed by atoms with E-state index < -0.39 is 34.1 Å². The van der Waals surface area contributed by atoms with Gasteiger partial charge in [-0.15, -0.1) is 0 Å². The molecule has 1 aliphatic heterocycles. The Morgan fingerprint density at radius 3 is 2.52 bits per heavy atom. The van der Waals surface area contributed by atoms with Crippen molar-refractivity contribution in [1.82, 2.24) is 5.32 Å². The predicted molar refractivity (Wildman–Crippen MR) is 226 cm³/mol. The van der Waals surface area contributed by atoms with Gasteiger partial charge < -0.3 is 31.1 Å². The fourth-order valence-corrected chi connectivity index (χ4v) is 16.5. The third-order valence-electron chi connectivity index (χ3n) is 18.3. The first kappa shape index (κ1) is 40.4. The highest BCUT2D eigenvalue weighted by Crippen LogP contribution is 2.77. The van der Waals surface area contributed by atoms with E-state index in [0.717, 1.165) is 67.3 Å². The second-order valence-corrected chi connectivity index (χ2v) is 21.7. The number of ether oxygens (including phenoxy) is 1. The molecule has 5 saturated carbocycles. The highest BCUT2D eigenvalue weighted by Gasteiger charge is 2.75. The summed E-state index contributed by atoms with van der Waals surface area (Å²) in [6.07, 6.45) is 7.66.